The molecule has 0 saturated heterocycles. The minimum Gasteiger partial charge on any atom is -0.362 e. The molecule has 0 bridgehead atoms. The van der Waals surface area contributed by atoms with Crippen LogP contribution in [-0.4, -0.2) is 4.98 Å². The molecule has 2 aromatic rings. The lowest BCUT2D eigenvalue weighted by atomic mass is 10.0. The van der Waals surface area contributed by atoms with Crippen LogP contribution in [0.3, 0.4) is 0 Å². The van der Waals surface area contributed by atoms with E-state index in [1.807, 2.05) is 6.07 Å². The number of nitriles is 1. The largest absolute Gasteiger partial charge is 0.416 e. The van der Waals surface area contributed by atoms with Crippen LogP contribution in [0.4, 0.5) is 19.0 Å². The van der Waals surface area contributed by atoms with Gasteiger partial charge in [0.2, 0.25) is 0 Å². The van der Waals surface area contributed by atoms with Gasteiger partial charge in [0.15, 0.2) is 0 Å². The summed E-state index contributed by atoms with van der Waals surface area (Å²) in [5.41, 5.74) is 0.117. The zero-order chi connectivity index (χ0) is 15.5. The number of aromatic nitrogens is 1. The number of alkyl halides is 3. The molecule has 6 heteroatoms. The third-order valence-corrected chi connectivity index (χ3v) is 3.00. The Labute approximate surface area is 120 Å². The molecular formula is C15H12F3N3. The molecule has 3 nitrogen and oxygen atoms in total. The topological polar surface area (TPSA) is 48.7 Å². The minimum absolute atomic E-state index is 0.344. The summed E-state index contributed by atoms with van der Waals surface area (Å²) in [5, 5.41) is 11.9. The SMILES string of the molecule is CC(Nc1ncccc1C#N)c1cccc(C(F)(F)F)c1. The molecule has 0 saturated carbocycles. The number of halogens is 3. The van der Waals surface area contributed by atoms with Crippen molar-refractivity contribution in [3.05, 3.63) is 59.3 Å². The van der Waals surface area contributed by atoms with E-state index in [1.165, 1.54) is 12.3 Å². The summed E-state index contributed by atoms with van der Waals surface area (Å²) < 4.78 is 38.1. The molecular weight excluding hydrogens is 279 g/mol. The van der Waals surface area contributed by atoms with Crippen LogP contribution in [0.1, 0.15) is 29.7 Å². The minimum atomic E-state index is -4.38. The molecule has 1 unspecified atom stereocenters. The molecule has 0 spiro atoms. The average molecular weight is 291 g/mol. The number of hydrogen-bond donors (Lipinski definition) is 1. The maximum Gasteiger partial charge on any atom is 0.416 e. The summed E-state index contributed by atoms with van der Waals surface area (Å²) in [6.07, 6.45) is -2.86. The molecule has 21 heavy (non-hydrogen) atoms. The van der Waals surface area contributed by atoms with Gasteiger partial charge >= 0.3 is 6.18 Å². The van der Waals surface area contributed by atoms with E-state index in [-0.39, 0.29) is 0 Å². The highest BCUT2D eigenvalue weighted by molar-refractivity contribution is 5.52. The van der Waals surface area contributed by atoms with Gasteiger partial charge in [-0.15, -0.1) is 0 Å². The molecule has 1 N–H and O–H groups in total. The normalized spacial score (nSPS) is 12.5. The van der Waals surface area contributed by atoms with E-state index in [4.69, 9.17) is 5.26 Å². The molecule has 108 valence electrons. The predicted octanol–water partition coefficient (Wildman–Crippen LogP) is 4.15. The zero-order valence-corrected chi connectivity index (χ0v) is 11.1. The van der Waals surface area contributed by atoms with Crippen molar-refractivity contribution < 1.29 is 13.2 Å². The Bertz CT molecular complexity index is 674. The quantitative estimate of drug-likeness (QED) is 0.924. The molecule has 1 aromatic heterocycles. The van der Waals surface area contributed by atoms with Crippen molar-refractivity contribution in [2.24, 2.45) is 0 Å². The second-order valence-electron chi connectivity index (χ2n) is 4.50. The first-order valence-electron chi connectivity index (χ1n) is 6.20. The van der Waals surface area contributed by atoms with Crippen molar-refractivity contribution in [1.29, 1.82) is 5.26 Å². The Morgan fingerprint density at radius 2 is 2.00 bits per heavy atom. The van der Waals surface area contributed by atoms with E-state index < -0.39 is 17.8 Å². The lowest BCUT2D eigenvalue weighted by Gasteiger charge is -2.17. The highest BCUT2D eigenvalue weighted by Gasteiger charge is 2.30. The highest BCUT2D eigenvalue weighted by Crippen LogP contribution is 2.31. The van der Waals surface area contributed by atoms with Gasteiger partial charge in [-0.05, 0) is 36.8 Å². The first-order valence-corrected chi connectivity index (χ1v) is 6.20. The lowest BCUT2D eigenvalue weighted by Crippen LogP contribution is -2.11. The van der Waals surface area contributed by atoms with Gasteiger partial charge in [0.1, 0.15) is 11.9 Å². The summed E-state index contributed by atoms with van der Waals surface area (Å²) in [7, 11) is 0. The Hall–Kier alpha value is -2.55. The van der Waals surface area contributed by atoms with Crippen LogP contribution in [0.2, 0.25) is 0 Å². The summed E-state index contributed by atoms with van der Waals surface area (Å²) in [6, 6.07) is 9.87. The van der Waals surface area contributed by atoms with Crippen molar-refractivity contribution in [1.82, 2.24) is 4.98 Å². The average Bonchev–Trinajstić information content (AvgIpc) is 2.47. The molecule has 0 aliphatic heterocycles. The number of anilines is 1. The van der Waals surface area contributed by atoms with Crippen molar-refractivity contribution in [2.45, 2.75) is 19.1 Å². The van der Waals surface area contributed by atoms with Gasteiger partial charge in [-0.25, -0.2) is 4.98 Å². The van der Waals surface area contributed by atoms with Crippen molar-refractivity contribution in [3.63, 3.8) is 0 Å². The summed E-state index contributed by atoms with van der Waals surface area (Å²) in [4.78, 5) is 4.03. The number of rotatable bonds is 3. The predicted molar refractivity (Wildman–Crippen MR) is 72.4 cm³/mol. The van der Waals surface area contributed by atoms with E-state index in [0.29, 0.717) is 16.9 Å². The smallest absolute Gasteiger partial charge is 0.362 e. The number of hydrogen-bond acceptors (Lipinski definition) is 3. The van der Waals surface area contributed by atoms with Crippen LogP contribution >= 0.6 is 0 Å². The standard InChI is InChI=1S/C15H12F3N3/c1-10(21-14-12(9-19)5-3-7-20-14)11-4-2-6-13(8-11)15(16,17)18/h2-8,10H,1H3,(H,20,21). The second-order valence-corrected chi connectivity index (χ2v) is 4.50. The van der Waals surface area contributed by atoms with E-state index >= 15 is 0 Å². The van der Waals surface area contributed by atoms with Gasteiger partial charge < -0.3 is 5.32 Å². The van der Waals surface area contributed by atoms with Crippen LogP contribution < -0.4 is 5.32 Å². The first kappa shape index (κ1) is 14.9. The Morgan fingerprint density at radius 3 is 2.67 bits per heavy atom. The van der Waals surface area contributed by atoms with Crippen LogP contribution in [0.15, 0.2) is 42.6 Å². The Morgan fingerprint density at radius 1 is 1.24 bits per heavy atom. The third-order valence-electron chi connectivity index (χ3n) is 3.00. The molecule has 1 aromatic carbocycles. The molecule has 0 fully saturated rings. The fraction of sp³-hybridized carbons (Fsp3) is 0.200. The second kappa shape index (κ2) is 5.83. The number of benzene rings is 1. The van der Waals surface area contributed by atoms with Crippen LogP contribution in [0.25, 0.3) is 0 Å². The fourth-order valence-corrected chi connectivity index (χ4v) is 1.88. The van der Waals surface area contributed by atoms with E-state index in [9.17, 15) is 13.2 Å². The maximum atomic E-state index is 12.7. The van der Waals surface area contributed by atoms with Crippen LogP contribution in [-0.2, 0) is 6.18 Å². The van der Waals surface area contributed by atoms with Gasteiger partial charge in [0, 0.05) is 12.2 Å². The van der Waals surface area contributed by atoms with Crippen LogP contribution in [0, 0.1) is 11.3 Å². The molecule has 0 amide bonds. The monoisotopic (exact) mass is 291 g/mol. The van der Waals surface area contributed by atoms with Gasteiger partial charge in [0.25, 0.3) is 0 Å². The molecule has 0 radical (unpaired) electrons. The van der Waals surface area contributed by atoms with E-state index in [0.717, 1.165) is 12.1 Å². The van der Waals surface area contributed by atoms with Crippen LogP contribution in [0.5, 0.6) is 0 Å². The van der Waals surface area contributed by atoms with Crippen molar-refractivity contribution in [2.75, 3.05) is 5.32 Å². The molecule has 0 aliphatic rings. The zero-order valence-electron chi connectivity index (χ0n) is 11.1. The van der Waals surface area contributed by atoms with E-state index in [2.05, 4.69) is 10.3 Å². The van der Waals surface area contributed by atoms with Gasteiger partial charge in [-0.3, -0.25) is 0 Å². The molecule has 0 aliphatic carbocycles. The number of pyridine rings is 1. The summed E-state index contributed by atoms with van der Waals surface area (Å²) in [5.74, 6) is 0.352. The fourth-order valence-electron chi connectivity index (χ4n) is 1.88. The summed E-state index contributed by atoms with van der Waals surface area (Å²) >= 11 is 0. The summed E-state index contributed by atoms with van der Waals surface area (Å²) in [6.45, 7) is 1.71. The number of nitrogens with one attached hydrogen (secondary N) is 1. The highest BCUT2D eigenvalue weighted by atomic mass is 19.4. The first-order chi connectivity index (χ1) is 9.91. The Balaban J connectivity index is 2.25. The molecule has 1 atom stereocenters. The molecule has 2 rings (SSSR count). The van der Waals surface area contributed by atoms with Gasteiger partial charge in [0.05, 0.1) is 11.1 Å². The molecule has 1 heterocycles. The Kier molecular flexibility index (Phi) is 4.13. The van der Waals surface area contributed by atoms with Crippen molar-refractivity contribution in [3.8, 4) is 6.07 Å². The lowest BCUT2D eigenvalue weighted by molar-refractivity contribution is -0.137. The van der Waals surface area contributed by atoms with Crippen molar-refractivity contribution >= 4 is 5.82 Å². The maximum absolute atomic E-state index is 12.7. The van der Waals surface area contributed by atoms with Gasteiger partial charge in [-0.1, -0.05) is 12.1 Å². The third kappa shape index (κ3) is 3.51. The van der Waals surface area contributed by atoms with E-state index in [1.54, 1.807) is 25.1 Å². The number of nitrogens with zero attached hydrogens (tertiary/aromatic N) is 2. The van der Waals surface area contributed by atoms with Gasteiger partial charge in [-0.2, -0.15) is 18.4 Å².